The largest absolute Gasteiger partial charge is 0.483 e. The zero-order valence-corrected chi connectivity index (χ0v) is 19.2. The van der Waals surface area contributed by atoms with Crippen LogP contribution in [0, 0.1) is 5.41 Å². The number of ether oxygens (including phenoxy) is 1. The van der Waals surface area contributed by atoms with E-state index in [0.29, 0.717) is 17.3 Å². The lowest BCUT2D eigenvalue weighted by molar-refractivity contribution is -0.662. The van der Waals surface area contributed by atoms with Gasteiger partial charge in [-0.05, 0) is 41.2 Å². The van der Waals surface area contributed by atoms with Gasteiger partial charge < -0.3 is 25.7 Å². The van der Waals surface area contributed by atoms with E-state index in [2.05, 4.69) is 53.3 Å². The van der Waals surface area contributed by atoms with Gasteiger partial charge in [-0.2, -0.15) is 0 Å². The maximum atomic E-state index is 13.5. The van der Waals surface area contributed by atoms with Gasteiger partial charge >= 0.3 is 0 Å². The monoisotopic (exact) mass is 445 g/mol. The fourth-order valence-electron chi connectivity index (χ4n) is 4.76. The number of piperazine rings is 1. The van der Waals surface area contributed by atoms with Crippen molar-refractivity contribution in [3.63, 3.8) is 0 Å². The molecule has 1 amide bonds. The quantitative estimate of drug-likeness (QED) is 0.348. The first-order chi connectivity index (χ1) is 16.1. The third-order valence-corrected chi connectivity index (χ3v) is 6.44. The Balaban J connectivity index is 1.63. The van der Waals surface area contributed by atoms with Crippen LogP contribution in [0.3, 0.4) is 0 Å². The Kier molecular flexibility index (Phi) is 7.25. The van der Waals surface area contributed by atoms with Crippen LogP contribution in [-0.2, 0) is 16.0 Å². The van der Waals surface area contributed by atoms with Gasteiger partial charge in [-0.3, -0.25) is 4.79 Å². The zero-order chi connectivity index (χ0) is 23.2. The summed E-state index contributed by atoms with van der Waals surface area (Å²) in [6, 6.07) is 16.0. The number of carbonyl (C=O) groups excluding carboxylic acids is 1. The van der Waals surface area contributed by atoms with Crippen LogP contribution in [0.4, 0.5) is 5.69 Å². The highest BCUT2D eigenvalue weighted by Gasteiger charge is 2.30. The minimum absolute atomic E-state index is 0.124. The number of hydrogen-bond donors (Lipinski definition) is 3. The zero-order valence-electron chi connectivity index (χ0n) is 19.2. The number of carbonyl (C=O) groups is 1. The smallest absolute Gasteiger partial charge is 0.293 e. The molecule has 0 saturated carbocycles. The molecule has 1 saturated heterocycles. The molecule has 33 heavy (non-hydrogen) atoms. The van der Waals surface area contributed by atoms with Crippen molar-refractivity contribution >= 4 is 23.9 Å². The normalized spacial score (nSPS) is 20.8. The summed E-state index contributed by atoms with van der Waals surface area (Å²) < 4.78 is 6.46. The van der Waals surface area contributed by atoms with E-state index in [0.717, 1.165) is 44.6 Å². The average molecular weight is 446 g/mol. The molecule has 1 heterocycles. The van der Waals surface area contributed by atoms with Gasteiger partial charge in [-0.15, -0.1) is 0 Å². The number of benzene rings is 2. The van der Waals surface area contributed by atoms with E-state index in [-0.39, 0.29) is 17.8 Å². The number of amides is 1. The van der Waals surface area contributed by atoms with Gasteiger partial charge in [-0.1, -0.05) is 56.0 Å². The second kappa shape index (κ2) is 10.5. The Hall–Kier alpha value is -3.38. The van der Waals surface area contributed by atoms with Crippen LogP contribution in [0.5, 0.6) is 0 Å². The lowest BCUT2D eigenvalue weighted by Gasteiger charge is -2.33. The molecule has 4 rings (SSSR count). The minimum atomic E-state index is -0.323. The van der Waals surface area contributed by atoms with Crippen LogP contribution >= 0.6 is 0 Å². The van der Waals surface area contributed by atoms with Crippen molar-refractivity contribution in [1.29, 1.82) is 5.41 Å². The summed E-state index contributed by atoms with van der Waals surface area (Å²) in [4.78, 5) is 15.6. The number of quaternary nitrogens is 1. The van der Waals surface area contributed by atoms with Crippen molar-refractivity contribution in [1.82, 2.24) is 4.90 Å². The summed E-state index contributed by atoms with van der Waals surface area (Å²) in [5.74, 6) is 0.254. The molecule has 0 spiro atoms. The number of fused-ring (bicyclic) bond motifs is 1. The molecule has 6 nitrogen and oxygen atoms in total. The number of allylic oxidation sites excluding steroid dienone is 1. The molecule has 2 unspecified atom stereocenters. The van der Waals surface area contributed by atoms with E-state index in [9.17, 15) is 4.79 Å². The Labute approximate surface area is 195 Å². The fourth-order valence-corrected chi connectivity index (χ4v) is 4.76. The maximum absolute atomic E-state index is 13.5. The summed E-state index contributed by atoms with van der Waals surface area (Å²) in [7, 11) is 0. The number of nitrogens with zero attached hydrogens (tertiary/aromatic N) is 1. The van der Waals surface area contributed by atoms with E-state index in [1.54, 1.807) is 6.08 Å². The van der Waals surface area contributed by atoms with E-state index in [4.69, 9.17) is 10.1 Å². The van der Waals surface area contributed by atoms with Gasteiger partial charge in [0.25, 0.3) is 5.91 Å². The molecule has 4 N–H and O–H groups in total. The first kappa shape index (κ1) is 22.8. The summed E-state index contributed by atoms with van der Waals surface area (Å²) in [6.07, 6.45) is 4.47. The molecule has 0 aromatic heterocycles. The number of rotatable bonds is 7. The van der Waals surface area contributed by atoms with E-state index < -0.39 is 0 Å². The summed E-state index contributed by atoms with van der Waals surface area (Å²) in [5, 5.41) is 13.4. The fraction of sp³-hybridized carbons (Fsp3) is 0.333. The average Bonchev–Trinajstić information content (AvgIpc) is 2.84. The van der Waals surface area contributed by atoms with Gasteiger partial charge in [0.05, 0.1) is 26.2 Å². The lowest BCUT2D eigenvalue weighted by atomic mass is 9.82. The van der Waals surface area contributed by atoms with Crippen LogP contribution in [0.25, 0.3) is 6.08 Å². The number of nitrogens with two attached hydrogens (primary N) is 1. The third kappa shape index (κ3) is 5.34. The standard InChI is InChI=1S/C27H32N4O2/c1-3-20-7-6-9-22(16-20)30-27(32)26(25(18-28)31-13-11-29-12-14-31)33-23-15-19(2)24-10-5-4-8-21(24)17-23/h3-10,16,18-19,23,28-29H,1,11-15,17H2,2H3,(H,30,32)/p+1/b26-25-,28-18?. The first-order valence-electron chi connectivity index (χ1n) is 11.7. The predicted octanol–water partition coefficient (Wildman–Crippen LogP) is 3.14. The van der Waals surface area contributed by atoms with Crippen molar-refractivity contribution < 1.29 is 14.8 Å². The van der Waals surface area contributed by atoms with Gasteiger partial charge in [0.1, 0.15) is 11.8 Å². The molecular weight excluding hydrogens is 412 g/mol. The number of hydrogen-bond acceptors (Lipinski definition) is 4. The summed E-state index contributed by atoms with van der Waals surface area (Å²) >= 11 is 0. The maximum Gasteiger partial charge on any atom is 0.293 e. The molecule has 0 bridgehead atoms. The SMILES string of the molecule is C=Cc1cccc(NC(=O)/C(OC2Cc3ccccc3C(C)C2)=C(\C=N)N2CC[NH2+]CC2)c1. The molecule has 2 aromatic carbocycles. The topological polar surface area (TPSA) is 82.0 Å². The van der Waals surface area contributed by atoms with Crippen molar-refractivity contribution in [3.8, 4) is 0 Å². The van der Waals surface area contributed by atoms with Gasteiger partial charge in [0.2, 0.25) is 5.76 Å². The van der Waals surface area contributed by atoms with Crippen LogP contribution in [0.2, 0.25) is 0 Å². The molecule has 1 aliphatic heterocycles. The lowest BCUT2D eigenvalue weighted by Crippen LogP contribution is -2.89. The van der Waals surface area contributed by atoms with Gasteiger partial charge in [0.15, 0.2) is 0 Å². The van der Waals surface area contributed by atoms with E-state index in [1.165, 1.54) is 17.3 Å². The van der Waals surface area contributed by atoms with Crippen molar-refractivity contribution in [2.75, 3.05) is 31.5 Å². The van der Waals surface area contributed by atoms with Crippen LogP contribution < -0.4 is 10.6 Å². The Bertz CT molecular complexity index is 1060. The summed E-state index contributed by atoms with van der Waals surface area (Å²) in [6.45, 7) is 9.43. The highest BCUT2D eigenvalue weighted by Crippen LogP contribution is 2.34. The van der Waals surface area contributed by atoms with Gasteiger partial charge in [0, 0.05) is 18.3 Å². The molecule has 2 atom stereocenters. The molecule has 6 heteroatoms. The Morgan fingerprint density at radius 3 is 2.76 bits per heavy atom. The van der Waals surface area contributed by atoms with Crippen molar-refractivity contribution in [2.24, 2.45) is 0 Å². The van der Waals surface area contributed by atoms with Crippen molar-refractivity contribution in [3.05, 3.63) is 83.3 Å². The molecule has 0 radical (unpaired) electrons. The molecule has 2 aliphatic rings. The molecule has 1 aliphatic carbocycles. The Morgan fingerprint density at radius 1 is 1.21 bits per heavy atom. The van der Waals surface area contributed by atoms with Crippen LogP contribution in [0.1, 0.15) is 36.0 Å². The number of anilines is 1. The van der Waals surface area contributed by atoms with Crippen LogP contribution in [-0.4, -0.2) is 49.3 Å². The second-order valence-electron chi connectivity index (χ2n) is 8.78. The van der Waals surface area contributed by atoms with Crippen molar-refractivity contribution in [2.45, 2.75) is 31.8 Å². The number of nitrogens with one attached hydrogen (secondary N) is 2. The third-order valence-electron chi connectivity index (χ3n) is 6.44. The predicted molar refractivity (Wildman–Crippen MR) is 132 cm³/mol. The summed E-state index contributed by atoms with van der Waals surface area (Å²) in [5.41, 5.74) is 4.77. The molecule has 172 valence electrons. The van der Waals surface area contributed by atoms with E-state index >= 15 is 0 Å². The highest BCUT2D eigenvalue weighted by molar-refractivity contribution is 6.05. The Morgan fingerprint density at radius 2 is 2.00 bits per heavy atom. The second-order valence-corrected chi connectivity index (χ2v) is 8.78. The minimum Gasteiger partial charge on any atom is -0.483 e. The molecule has 1 fully saturated rings. The first-order valence-corrected chi connectivity index (χ1v) is 11.7. The molecular formula is C27H33N4O2+. The van der Waals surface area contributed by atoms with E-state index in [1.807, 2.05) is 24.3 Å². The molecule has 2 aromatic rings. The van der Waals surface area contributed by atoms with Crippen LogP contribution in [0.15, 0.2) is 66.6 Å². The highest BCUT2D eigenvalue weighted by atomic mass is 16.5. The van der Waals surface area contributed by atoms with Gasteiger partial charge in [-0.25, -0.2) is 0 Å².